The molecule has 1 aliphatic heterocycles. The van der Waals surface area contributed by atoms with Crippen LogP contribution in [0.3, 0.4) is 0 Å². The Balaban J connectivity index is 1.75. The summed E-state index contributed by atoms with van der Waals surface area (Å²) < 4.78 is 53.3. The standard InChI is InChI=1S/C19H17F4N7O/c1-2-14-17(31)27-13-10-26-18(28-16(13)29(14)7-5-19(21,22)23)30-8-6-24-15(30)12-4-3-11(20)9-25-12/h3-4,6,8-10,14H,2,5,7H2,1H3,(H,27,31). The Kier molecular flexibility index (Phi) is 5.29. The fraction of sp³-hybridized carbons (Fsp3) is 0.316. The summed E-state index contributed by atoms with van der Waals surface area (Å²) in [5.74, 6) is -0.276. The van der Waals surface area contributed by atoms with Gasteiger partial charge in [0.15, 0.2) is 11.6 Å². The first-order valence-corrected chi connectivity index (χ1v) is 9.44. The smallest absolute Gasteiger partial charge is 0.342 e. The summed E-state index contributed by atoms with van der Waals surface area (Å²) in [6.07, 6.45) is 0.242. The van der Waals surface area contributed by atoms with Crippen molar-refractivity contribution >= 4 is 17.4 Å². The molecule has 0 saturated heterocycles. The highest BCUT2D eigenvalue weighted by atomic mass is 19.4. The van der Waals surface area contributed by atoms with Gasteiger partial charge in [0.25, 0.3) is 0 Å². The number of amides is 1. The quantitative estimate of drug-likeness (QED) is 0.619. The van der Waals surface area contributed by atoms with Crippen LogP contribution in [0.25, 0.3) is 17.5 Å². The molecule has 0 aromatic carbocycles. The molecule has 0 spiro atoms. The maximum atomic E-state index is 13.2. The van der Waals surface area contributed by atoms with E-state index in [1.165, 1.54) is 34.0 Å². The molecule has 0 bridgehead atoms. The van der Waals surface area contributed by atoms with Gasteiger partial charge in [-0.05, 0) is 18.6 Å². The zero-order valence-electron chi connectivity index (χ0n) is 16.3. The Morgan fingerprint density at radius 1 is 1.16 bits per heavy atom. The zero-order chi connectivity index (χ0) is 22.2. The number of fused-ring (bicyclic) bond motifs is 1. The summed E-state index contributed by atoms with van der Waals surface area (Å²) in [6.45, 7) is 1.29. The summed E-state index contributed by atoms with van der Waals surface area (Å²) >= 11 is 0. The molecule has 0 aliphatic carbocycles. The number of anilines is 2. The van der Waals surface area contributed by atoms with E-state index in [4.69, 9.17) is 0 Å². The third-order valence-corrected chi connectivity index (χ3v) is 4.80. The number of pyridine rings is 1. The van der Waals surface area contributed by atoms with Gasteiger partial charge in [-0.1, -0.05) is 6.92 Å². The predicted molar refractivity (Wildman–Crippen MR) is 103 cm³/mol. The SMILES string of the molecule is CCC1C(=O)Nc2cnc(-n3ccnc3-c3ccc(F)cn3)nc2N1CCC(F)(F)F. The highest BCUT2D eigenvalue weighted by molar-refractivity contribution is 6.02. The number of alkyl halides is 3. The van der Waals surface area contributed by atoms with Crippen molar-refractivity contribution in [3.05, 3.63) is 42.7 Å². The van der Waals surface area contributed by atoms with Crippen LogP contribution in [0.1, 0.15) is 19.8 Å². The van der Waals surface area contributed by atoms with Crippen LogP contribution in [-0.2, 0) is 4.79 Å². The monoisotopic (exact) mass is 435 g/mol. The molecular formula is C19H17F4N7O. The number of aromatic nitrogens is 5. The van der Waals surface area contributed by atoms with Crippen molar-refractivity contribution in [3.8, 4) is 17.5 Å². The highest BCUT2D eigenvalue weighted by Crippen LogP contribution is 2.33. The van der Waals surface area contributed by atoms with Gasteiger partial charge in [0.2, 0.25) is 11.9 Å². The Morgan fingerprint density at radius 3 is 2.65 bits per heavy atom. The first kappa shape index (κ1) is 20.7. The zero-order valence-corrected chi connectivity index (χ0v) is 16.3. The number of nitrogens with one attached hydrogen (secondary N) is 1. The number of hydrogen-bond acceptors (Lipinski definition) is 6. The van der Waals surface area contributed by atoms with Gasteiger partial charge in [-0.25, -0.2) is 19.3 Å². The summed E-state index contributed by atoms with van der Waals surface area (Å²) in [7, 11) is 0. The molecule has 0 fully saturated rings. The number of nitrogens with zero attached hydrogens (tertiary/aromatic N) is 6. The maximum absolute atomic E-state index is 13.2. The number of carbonyl (C=O) groups excluding carboxylic acids is 1. The van der Waals surface area contributed by atoms with Crippen molar-refractivity contribution < 1.29 is 22.4 Å². The molecule has 12 heteroatoms. The first-order valence-electron chi connectivity index (χ1n) is 9.44. The van der Waals surface area contributed by atoms with Crippen LogP contribution in [0.2, 0.25) is 0 Å². The van der Waals surface area contributed by atoms with Crippen molar-refractivity contribution in [2.45, 2.75) is 32.0 Å². The van der Waals surface area contributed by atoms with Gasteiger partial charge in [-0.3, -0.25) is 9.36 Å². The number of carbonyl (C=O) groups is 1. The summed E-state index contributed by atoms with van der Waals surface area (Å²) in [5, 5.41) is 2.65. The number of hydrogen-bond donors (Lipinski definition) is 1. The van der Waals surface area contributed by atoms with Crippen LogP contribution in [-0.4, -0.2) is 49.2 Å². The van der Waals surface area contributed by atoms with E-state index in [0.29, 0.717) is 17.9 Å². The van der Waals surface area contributed by atoms with Crippen LogP contribution in [0.4, 0.5) is 29.1 Å². The lowest BCUT2D eigenvalue weighted by molar-refractivity contribution is -0.133. The minimum absolute atomic E-state index is 0.125. The Hall–Kier alpha value is -3.57. The van der Waals surface area contributed by atoms with Crippen molar-refractivity contribution in [2.24, 2.45) is 0 Å². The third-order valence-electron chi connectivity index (χ3n) is 4.80. The van der Waals surface area contributed by atoms with E-state index >= 15 is 0 Å². The van der Waals surface area contributed by atoms with Crippen LogP contribution < -0.4 is 10.2 Å². The Bertz CT molecular complexity index is 1100. The van der Waals surface area contributed by atoms with E-state index in [-0.39, 0.29) is 17.5 Å². The van der Waals surface area contributed by atoms with Gasteiger partial charge in [0, 0.05) is 18.9 Å². The lowest BCUT2D eigenvalue weighted by Crippen LogP contribution is -2.49. The second kappa shape index (κ2) is 7.93. The van der Waals surface area contributed by atoms with Crippen LogP contribution in [0.5, 0.6) is 0 Å². The minimum Gasteiger partial charge on any atom is -0.342 e. The van der Waals surface area contributed by atoms with E-state index < -0.39 is 36.9 Å². The molecule has 1 amide bonds. The van der Waals surface area contributed by atoms with Gasteiger partial charge in [-0.15, -0.1) is 0 Å². The average molecular weight is 435 g/mol. The second-order valence-electron chi connectivity index (χ2n) is 6.86. The number of halogens is 4. The molecule has 1 N–H and O–H groups in total. The van der Waals surface area contributed by atoms with Gasteiger partial charge in [0.1, 0.15) is 23.2 Å². The second-order valence-corrected chi connectivity index (χ2v) is 6.86. The molecular weight excluding hydrogens is 418 g/mol. The molecule has 1 aliphatic rings. The van der Waals surface area contributed by atoms with Gasteiger partial charge in [-0.2, -0.15) is 18.2 Å². The topological polar surface area (TPSA) is 88.8 Å². The van der Waals surface area contributed by atoms with Crippen LogP contribution in [0, 0.1) is 5.82 Å². The molecule has 1 atom stereocenters. The van der Waals surface area contributed by atoms with Gasteiger partial charge >= 0.3 is 6.18 Å². The van der Waals surface area contributed by atoms with E-state index in [1.807, 2.05) is 0 Å². The molecule has 162 valence electrons. The van der Waals surface area contributed by atoms with Gasteiger partial charge < -0.3 is 10.2 Å². The van der Waals surface area contributed by atoms with Crippen molar-refractivity contribution in [2.75, 3.05) is 16.8 Å². The first-order chi connectivity index (χ1) is 14.8. The summed E-state index contributed by atoms with van der Waals surface area (Å²) in [4.78, 5) is 30.5. The lowest BCUT2D eigenvalue weighted by atomic mass is 10.1. The fourth-order valence-corrected chi connectivity index (χ4v) is 3.37. The summed E-state index contributed by atoms with van der Waals surface area (Å²) in [6, 6.07) is 1.88. The summed E-state index contributed by atoms with van der Waals surface area (Å²) in [5.41, 5.74) is 0.587. The van der Waals surface area contributed by atoms with E-state index in [9.17, 15) is 22.4 Å². The molecule has 3 aromatic heterocycles. The predicted octanol–water partition coefficient (Wildman–Crippen LogP) is 3.35. The highest BCUT2D eigenvalue weighted by Gasteiger charge is 2.36. The average Bonchev–Trinajstić information content (AvgIpc) is 3.21. The Morgan fingerprint density at radius 2 is 1.97 bits per heavy atom. The van der Waals surface area contributed by atoms with Crippen LogP contribution >= 0.6 is 0 Å². The number of rotatable bonds is 5. The fourth-order valence-electron chi connectivity index (χ4n) is 3.37. The molecule has 3 aromatic rings. The van der Waals surface area contributed by atoms with E-state index in [1.54, 1.807) is 13.1 Å². The third kappa shape index (κ3) is 4.18. The van der Waals surface area contributed by atoms with Gasteiger partial charge in [0.05, 0.1) is 18.8 Å². The molecule has 0 radical (unpaired) electrons. The largest absolute Gasteiger partial charge is 0.390 e. The van der Waals surface area contributed by atoms with Crippen molar-refractivity contribution in [1.82, 2.24) is 24.5 Å². The maximum Gasteiger partial charge on any atom is 0.390 e. The normalized spacial score (nSPS) is 16.2. The lowest BCUT2D eigenvalue weighted by Gasteiger charge is -2.36. The van der Waals surface area contributed by atoms with Crippen molar-refractivity contribution in [1.29, 1.82) is 0 Å². The number of imidazole rings is 1. The molecule has 1 unspecified atom stereocenters. The molecule has 0 saturated carbocycles. The molecule has 8 nitrogen and oxygen atoms in total. The molecule has 31 heavy (non-hydrogen) atoms. The minimum atomic E-state index is -4.38. The van der Waals surface area contributed by atoms with Crippen LogP contribution in [0.15, 0.2) is 36.9 Å². The van der Waals surface area contributed by atoms with E-state index in [0.717, 1.165) is 6.20 Å². The van der Waals surface area contributed by atoms with E-state index in [2.05, 4.69) is 25.3 Å². The molecule has 4 heterocycles. The molecule has 4 rings (SSSR count). The Labute approximate surface area is 174 Å². The van der Waals surface area contributed by atoms with Crippen molar-refractivity contribution in [3.63, 3.8) is 0 Å².